The van der Waals surface area contributed by atoms with Gasteiger partial charge in [-0.15, -0.1) is 0 Å². The lowest BCUT2D eigenvalue weighted by atomic mass is 9.86. The summed E-state index contributed by atoms with van der Waals surface area (Å²) in [4.78, 5) is 9.17. The van der Waals surface area contributed by atoms with E-state index in [4.69, 9.17) is 4.74 Å². The SMILES string of the molecule is COc1ccc2cc(-c3ccc4ncc5[nH]nc(-c6ccc(C(C)(C)C#N)cc6)c5c4c3)ccc2n1. The van der Waals surface area contributed by atoms with Crippen molar-refractivity contribution in [2.45, 2.75) is 19.3 Å². The molecule has 0 spiro atoms. The van der Waals surface area contributed by atoms with Gasteiger partial charge in [0.05, 0.1) is 41.3 Å². The molecular formula is C30H23N5O. The number of aromatic nitrogens is 4. The van der Waals surface area contributed by atoms with E-state index in [9.17, 15) is 5.26 Å². The quantitative estimate of drug-likeness (QED) is 0.307. The van der Waals surface area contributed by atoms with Crippen LogP contribution in [0.25, 0.3) is 55.1 Å². The number of aromatic amines is 1. The summed E-state index contributed by atoms with van der Waals surface area (Å²) in [5.41, 5.74) is 7.16. The molecule has 0 aliphatic heterocycles. The third-order valence-electron chi connectivity index (χ3n) is 6.76. The molecule has 6 aromatic rings. The number of fused-ring (bicyclic) bond motifs is 4. The van der Waals surface area contributed by atoms with Crippen LogP contribution in [0.1, 0.15) is 19.4 Å². The number of nitrogens with one attached hydrogen (secondary N) is 1. The number of ether oxygens (including phenoxy) is 1. The first-order valence-corrected chi connectivity index (χ1v) is 11.7. The normalized spacial score (nSPS) is 11.7. The van der Waals surface area contributed by atoms with Gasteiger partial charge in [0.2, 0.25) is 5.88 Å². The van der Waals surface area contributed by atoms with E-state index in [-0.39, 0.29) is 0 Å². The summed E-state index contributed by atoms with van der Waals surface area (Å²) >= 11 is 0. The number of hydrogen-bond acceptors (Lipinski definition) is 5. The monoisotopic (exact) mass is 469 g/mol. The van der Waals surface area contributed by atoms with Crippen molar-refractivity contribution in [3.63, 3.8) is 0 Å². The molecule has 36 heavy (non-hydrogen) atoms. The van der Waals surface area contributed by atoms with Crippen molar-refractivity contribution >= 4 is 32.7 Å². The van der Waals surface area contributed by atoms with Crippen molar-refractivity contribution in [1.29, 1.82) is 5.26 Å². The summed E-state index contributed by atoms with van der Waals surface area (Å²) in [5.74, 6) is 0.603. The second-order valence-electron chi connectivity index (χ2n) is 9.43. The van der Waals surface area contributed by atoms with E-state index in [2.05, 4.69) is 56.6 Å². The van der Waals surface area contributed by atoms with Crippen molar-refractivity contribution in [3.05, 3.63) is 84.6 Å². The van der Waals surface area contributed by atoms with E-state index in [0.717, 1.165) is 60.7 Å². The fourth-order valence-electron chi connectivity index (χ4n) is 4.60. The molecule has 174 valence electrons. The zero-order chi connectivity index (χ0) is 24.9. The molecule has 0 unspecified atom stereocenters. The summed E-state index contributed by atoms with van der Waals surface area (Å²) in [5, 5.41) is 20.4. The van der Waals surface area contributed by atoms with Crippen molar-refractivity contribution in [3.8, 4) is 34.3 Å². The minimum atomic E-state index is -0.543. The Morgan fingerprint density at radius 3 is 2.33 bits per heavy atom. The van der Waals surface area contributed by atoms with Crippen LogP contribution < -0.4 is 4.74 Å². The molecule has 0 aliphatic carbocycles. The number of benzene rings is 3. The van der Waals surface area contributed by atoms with Gasteiger partial charge in [-0.05, 0) is 60.9 Å². The van der Waals surface area contributed by atoms with Crippen LogP contribution in [-0.4, -0.2) is 27.3 Å². The number of methoxy groups -OCH3 is 1. The maximum Gasteiger partial charge on any atom is 0.213 e. The lowest BCUT2D eigenvalue weighted by Gasteiger charge is -2.15. The Morgan fingerprint density at radius 2 is 1.58 bits per heavy atom. The molecule has 0 fully saturated rings. The number of nitriles is 1. The first kappa shape index (κ1) is 21.8. The standard InChI is InChI=1S/C30H23N5O/c1-30(2,17-31)22-9-4-18(5-10-22)29-28-23-15-20(7-12-25(23)32-16-26(28)34-35-29)19-6-11-24-21(14-19)8-13-27(33-24)36-3/h4-16H,1-3H3,(H,34,35). The fraction of sp³-hybridized carbons (Fsp3) is 0.133. The lowest BCUT2D eigenvalue weighted by molar-refractivity contribution is 0.399. The average Bonchev–Trinajstić information content (AvgIpc) is 3.37. The Balaban J connectivity index is 1.49. The number of pyridine rings is 2. The molecular weight excluding hydrogens is 446 g/mol. The summed E-state index contributed by atoms with van der Waals surface area (Å²) in [7, 11) is 1.62. The van der Waals surface area contributed by atoms with Gasteiger partial charge in [-0.2, -0.15) is 10.4 Å². The third-order valence-corrected chi connectivity index (χ3v) is 6.76. The van der Waals surface area contributed by atoms with Crippen LogP contribution in [-0.2, 0) is 5.41 Å². The van der Waals surface area contributed by atoms with Crippen LogP contribution in [0.2, 0.25) is 0 Å². The molecule has 3 aromatic heterocycles. The zero-order valence-corrected chi connectivity index (χ0v) is 20.2. The summed E-state index contributed by atoms with van der Waals surface area (Å²) in [6.45, 7) is 3.85. The number of hydrogen-bond donors (Lipinski definition) is 1. The largest absolute Gasteiger partial charge is 0.481 e. The van der Waals surface area contributed by atoms with Crippen molar-refractivity contribution < 1.29 is 4.74 Å². The van der Waals surface area contributed by atoms with Crippen LogP contribution in [0, 0.1) is 11.3 Å². The Hall–Kier alpha value is -4.76. The predicted octanol–water partition coefficient (Wildman–Crippen LogP) is 6.80. The maximum atomic E-state index is 9.48. The van der Waals surface area contributed by atoms with E-state index in [1.807, 2.05) is 62.5 Å². The summed E-state index contributed by atoms with van der Waals surface area (Å²) < 4.78 is 5.25. The minimum absolute atomic E-state index is 0.543. The highest BCUT2D eigenvalue weighted by molar-refractivity contribution is 6.12. The smallest absolute Gasteiger partial charge is 0.213 e. The Labute approximate surface area is 208 Å². The molecule has 0 saturated heterocycles. The molecule has 0 amide bonds. The molecule has 0 aliphatic rings. The topological polar surface area (TPSA) is 87.5 Å². The van der Waals surface area contributed by atoms with Gasteiger partial charge in [0.25, 0.3) is 0 Å². The predicted molar refractivity (Wildman–Crippen MR) is 143 cm³/mol. The van der Waals surface area contributed by atoms with Gasteiger partial charge in [-0.1, -0.05) is 36.4 Å². The highest BCUT2D eigenvalue weighted by Gasteiger charge is 2.20. The van der Waals surface area contributed by atoms with Crippen LogP contribution in [0.4, 0.5) is 0 Å². The van der Waals surface area contributed by atoms with Gasteiger partial charge in [-0.3, -0.25) is 10.1 Å². The highest BCUT2D eigenvalue weighted by Crippen LogP contribution is 2.35. The second kappa shape index (κ2) is 8.17. The van der Waals surface area contributed by atoms with Crippen LogP contribution in [0.5, 0.6) is 5.88 Å². The van der Waals surface area contributed by atoms with Crippen molar-refractivity contribution in [2.75, 3.05) is 7.11 Å². The van der Waals surface area contributed by atoms with E-state index in [1.54, 1.807) is 7.11 Å². The summed E-state index contributed by atoms with van der Waals surface area (Å²) in [6, 6.07) is 26.9. The van der Waals surface area contributed by atoms with Gasteiger partial charge >= 0.3 is 0 Å². The average molecular weight is 470 g/mol. The molecule has 6 rings (SSSR count). The molecule has 0 radical (unpaired) electrons. The van der Waals surface area contributed by atoms with Crippen LogP contribution >= 0.6 is 0 Å². The molecule has 3 heterocycles. The van der Waals surface area contributed by atoms with E-state index < -0.39 is 5.41 Å². The molecule has 6 nitrogen and oxygen atoms in total. The number of rotatable bonds is 4. The van der Waals surface area contributed by atoms with E-state index in [0.29, 0.717) is 5.88 Å². The lowest BCUT2D eigenvalue weighted by Crippen LogP contribution is -2.13. The fourth-order valence-corrected chi connectivity index (χ4v) is 4.60. The Kier molecular flexibility index (Phi) is 4.94. The van der Waals surface area contributed by atoms with Gasteiger partial charge in [-0.25, -0.2) is 4.98 Å². The third kappa shape index (κ3) is 3.53. The maximum absolute atomic E-state index is 9.48. The van der Waals surface area contributed by atoms with Crippen molar-refractivity contribution in [2.24, 2.45) is 0 Å². The number of H-pyrrole nitrogens is 1. The van der Waals surface area contributed by atoms with Gasteiger partial charge < -0.3 is 4.74 Å². The zero-order valence-electron chi connectivity index (χ0n) is 20.2. The van der Waals surface area contributed by atoms with Gasteiger partial charge in [0.1, 0.15) is 5.69 Å². The number of nitrogens with zero attached hydrogens (tertiary/aromatic N) is 4. The first-order valence-electron chi connectivity index (χ1n) is 11.7. The van der Waals surface area contributed by atoms with Crippen LogP contribution in [0.15, 0.2) is 79.0 Å². The molecule has 0 atom stereocenters. The molecule has 1 N–H and O–H groups in total. The molecule has 6 heteroatoms. The van der Waals surface area contributed by atoms with E-state index >= 15 is 0 Å². The summed E-state index contributed by atoms with van der Waals surface area (Å²) in [6.07, 6.45) is 1.83. The highest BCUT2D eigenvalue weighted by atomic mass is 16.5. The van der Waals surface area contributed by atoms with E-state index in [1.165, 1.54) is 0 Å². The Bertz CT molecular complexity index is 1810. The van der Waals surface area contributed by atoms with Crippen molar-refractivity contribution in [1.82, 2.24) is 20.2 Å². The minimum Gasteiger partial charge on any atom is -0.481 e. The first-order chi connectivity index (χ1) is 17.5. The van der Waals surface area contributed by atoms with Crippen LogP contribution in [0.3, 0.4) is 0 Å². The Morgan fingerprint density at radius 1 is 0.861 bits per heavy atom. The molecule has 0 bridgehead atoms. The molecule has 3 aromatic carbocycles. The molecule has 0 saturated carbocycles. The van der Waals surface area contributed by atoms with Gasteiger partial charge in [0, 0.05) is 27.8 Å². The van der Waals surface area contributed by atoms with Gasteiger partial charge in [0.15, 0.2) is 0 Å². The second-order valence-corrected chi connectivity index (χ2v) is 9.43.